The number of allylic oxidation sites excluding steroid dienone is 6. The van der Waals surface area contributed by atoms with Gasteiger partial charge in [0, 0.05) is 11.6 Å². The minimum Gasteiger partial charge on any atom is -0.497 e. The number of methoxy groups -OCH3 is 1. The highest BCUT2D eigenvalue weighted by molar-refractivity contribution is 5.79. The van der Waals surface area contributed by atoms with Gasteiger partial charge in [-0.05, 0) is 36.1 Å². The van der Waals surface area contributed by atoms with Crippen molar-refractivity contribution in [3.63, 3.8) is 0 Å². The molecule has 1 aromatic carbocycles. The van der Waals surface area contributed by atoms with Crippen LogP contribution in [0.15, 0.2) is 78.2 Å². The molecule has 0 spiro atoms. The number of hydrogen-bond acceptors (Lipinski definition) is 4. The summed E-state index contributed by atoms with van der Waals surface area (Å²) in [5.74, 6) is 1.88. The van der Waals surface area contributed by atoms with Gasteiger partial charge in [-0.2, -0.15) is 5.26 Å². The van der Waals surface area contributed by atoms with Gasteiger partial charge >= 0.3 is 0 Å². The standard InChI is InChI=1S/C20H17NO3/c1-22-17-9-5-8-16(12-17)18(10-11-21)20-14-23-13-19(24-20)15-6-3-2-4-7-15/h2-3,5-6,8-10,12-14H,4,7H2,1H3. The summed E-state index contributed by atoms with van der Waals surface area (Å²) in [6, 6.07) is 9.55. The lowest BCUT2D eigenvalue weighted by molar-refractivity contribution is 0.243. The van der Waals surface area contributed by atoms with Crippen LogP contribution in [-0.2, 0) is 9.47 Å². The second-order valence-corrected chi connectivity index (χ2v) is 5.28. The highest BCUT2D eigenvalue weighted by Crippen LogP contribution is 2.33. The van der Waals surface area contributed by atoms with E-state index in [-0.39, 0.29) is 0 Å². The van der Waals surface area contributed by atoms with Gasteiger partial charge in [0.05, 0.1) is 13.2 Å². The average Bonchev–Trinajstić information content (AvgIpc) is 2.67. The second-order valence-electron chi connectivity index (χ2n) is 5.28. The molecule has 0 unspecified atom stereocenters. The fraction of sp³-hybridized carbons (Fsp3) is 0.150. The zero-order chi connectivity index (χ0) is 16.8. The summed E-state index contributed by atoms with van der Waals surface area (Å²) < 4.78 is 16.7. The molecule has 2 aliphatic rings. The Labute approximate surface area is 141 Å². The van der Waals surface area contributed by atoms with Crippen molar-refractivity contribution in [2.45, 2.75) is 12.8 Å². The minimum absolute atomic E-state index is 0.498. The van der Waals surface area contributed by atoms with E-state index in [4.69, 9.17) is 19.5 Å². The number of hydrogen-bond donors (Lipinski definition) is 0. The normalized spacial score (nSPS) is 16.8. The van der Waals surface area contributed by atoms with Gasteiger partial charge in [0.2, 0.25) is 0 Å². The van der Waals surface area contributed by atoms with Gasteiger partial charge in [-0.15, -0.1) is 0 Å². The molecule has 4 heteroatoms. The van der Waals surface area contributed by atoms with E-state index in [9.17, 15) is 0 Å². The number of nitriles is 1. The topological polar surface area (TPSA) is 51.5 Å². The second kappa shape index (κ2) is 7.38. The lowest BCUT2D eigenvalue weighted by atomic mass is 10.0. The number of nitrogens with zero attached hydrogens (tertiary/aromatic N) is 1. The number of ether oxygens (including phenoxy) is 3. The minimum atomic E-state index is 0.498. The molecule has 0 aromatic heterocycles. The summed E-state index contributed by atoms with van der Waals surface area (Å²) in [4.78, 5) is 0. The lowest BCUT2D eigenvalue weighted by Crippen LogP contribution is -2.05. The van der Waals surface area contributed by atoms with E-state index < -0.39 is 0 Å². The molecular formula is C20H17NO3. The van der Waals surface area contributed by atoms with E-state index in [1.54, 1.807) is 13.4 Å². The SMILES string of the molecule is COc1cccc(C(=CC#N)C2=COC=C(C3=CC=CCC3)O2)c1. The Morgan fingerprint density at radius 1 is 1.33 bits per heavy atom. The third-order valence-electron chi connectivity index (χ3n) is 3.76. The first-order valence-electron chi connectivity index (χ1n) is 7.66. The van der Waals surface area contributed by atoms with Crippen LogP contribution in [0, 0.1) is 11.3 Å². The molecule has 120 valence electrons. The molecule has 0 amide bonds. The monoisotopic (exact) mass is 319 g/mol. The van der Waals surface area contributed by atoms with E-state index in [1.807, 2.05) is 36.4 Å². The Balaban J connectivity index is 1.89. The van der Waals surface area contributed by atoms with E-state index in [2.05, 4.69) is 12.1 Å². The largest absolute Gasteiger partial charge is 0.497 e. The molecule has 1 heterocycles. The van der Waals surface area contributed by atoms with Crippen LogP contribution < -0.4 is 4.74 Å². The summed E-state index contributed by atoms with van der Waals surface area (Å²) in [7, 11) is 1.61. The number of benzene rings is 1. The van der Waals surface area contributed by atoms with E-state index in [1.165, 1.54) is 12.3 Å². The average molecular weight is 319 g/mol. The third-order valence-corrected chi connectivity index (χ3v) is 3.76. The molecule has 0 saturated carbocycles. The summed E-state index contributed by atoms with van der Waals surface area (Å²) in [6.07, 6.45) is 12.5. The summed E-state index contributed by atoms with van der Waals surface area (Å²) in [5, 5.41) is 9.15. The van der Waals surface area contributed by atoms with E-state index in [0.29, 0.717) is 22.8 Å². The zero-order valence-corrected chi connectivity index (χ0v) is 13.4. The van der Waals surface area contributed by atoms with Crippen LogP contribution >= 0.6 is 0 Å². The van der Waals surface area contributed by atoms with Crippen molar-refractivity contribution in [3.05, 3.63) is 83.7 Å². The summed E-state index contributed by atoms with van der Waals surface area (Å²) in [5.41, 5.74) is 2.54. The maximum atomic E-state index is 9.15. The van der Waals surface area contributed by atoms with Crippen molar-refractivity contribution in [2.75, 3.05) is 7.11 Å². The van der Waals surface area contributed by atoms with Gasteiger partial charge in [-0.3, -0.25) is 0 Å². The van der Waals surface area contributed by atoms with Gasteiger partial charge in [0.15, 0.2) is 11.5 Å². The maximum absolute atomic E-state index is 9.15. The van der Waals surface area contributed by atoms with Gasteiger partial charge in [-0.1, -0.05) is 30.4 Å². The highest BCUT2D eigenvalue weighted by Gasteiger charge is 2.19. The molecule has 0 N–H and O–H groups in total. The fourth-order valence-electron chi connectivity index (χ4n) is 2.54. The van der Waals surface area contributed by atoms with Crippen LogP contribution in [0.5, 0.6) is 5.75 Å². The lowest BCUT2D eigenvalue weighted by Gasteiger charge is -2.21. The van der Waals surface area contributed by atoms with Crippen molar-refractivity contribution >= 4 is 5.57 Å². The van der Waals surface area contributed by atoms with Crippen molar-refractivity contribution < 1.29 is 14.2 Å². The summed E-state index contributed by atoms with van der Waals surface area (Å²) in [6.45, 7) is 0. The molecule has 4 nitrogen and oxygen atoms in total. The Morgan fingerprint density at radius 3 is 3.00 bits per heavy atom. The molecule has 0 fully saturated rings. The first kappa shape index (κ1) is 15.7. The Morgan fingerprint density at radius 2 is 2.25 bits per heavy atom. The van der Waals surface area contributed by atoms with Crippen molar-refractivity contribution in [3.8, 4) is 11.8 Å². The predicted octanol–water partition coefficient (Wildman–Crippen LogP) is 4.61. The molecule has 1 aliphatic heterocycles. The maximum Gasteiger partial charge on any atom is 0.171 e. The van der Waals surface area contributed by atoms with Crippen LogP contribution in [0.4, 0.5) is 0 Å². The van der Waals surface area contributed by atoms with Crippen LogP contribution in [0.25, 0.3) is 5.57 Å². The van der Waals surface area contributed by atoms with Crippen LogP contribution in [-0.4, -0.2) is 7.11 Å². The predicted molar refractivity (Wildman–Crippen MR) is 91.4 cm³/mol. The fourth-order valence-corrected chi connectivity index (χ4v) is 2.54. The van der Waals surface area contributed by atoms with Crippen molar-refractivity contribution in [2.24, 2.45) is 0 Å². The van der Waals surface area contributed by atoms with Gasteiger partial charge in [0.1, 0.15) is 18.3 Å². The van der Waals surface area contributed by atoms with Crippen LogP contribution in [0.2, 0.25) is 0 Å². The molecule has 0 atom stereocenters. The van der Waals surface area contributed by atoms with E-state index in [0.717, 1.165) is 24.0 Å². The molecular weight excluding hydrogens is 302 g/mol. The Kier molecular flexibility index (Phi) is 4.83. The molecule has 3 rings (SSSR count). The van der Waals surface area contributed by atoms with Crippen LogP contribution in [0.1, 0.15) is 18.4 Å². The third kappa shape index (κ3) is 3.41. The Bertz CT molecular complexity index is 820. The van der Waals surface area contributed by atoms with E-state index >= 15 is 0 Å². The van der Waals surface area contributed by atoms with Crippen molar-refractivity contribution in [1.29, 1.82) is 5.26 Å². The number of rotatable bonds is 4. The first-order chi connectivity index (χ1) is 11.8. The molecule has 0 saturated heterocycles. The Hall–Kier alpha value is -3.19. The molecule has 0 bridgehead atoms. The van der Waals surface area contributed by atoms with Gasteiger partial charge in [-0.25, -0.2) is 0 Å². The molecule has 24 heavy (non-hydrogen) atoms. The highest BCUT2D eigenvalue weighted by atomic mass is 16.5. The molecule has 0 radical (unpaired) electrons. The molecule has 1 aromatic rings. The molecule has 1 aliphatic carbocycles. The summed E-state index contributed by atoms with van der Waals surface area (Å²) >= 11 is 0. The smallest absolute Gasteiger partial charge is 0.171 e. The van der Waals surface area contributed by atoms with Gasteiger partial charge in [0.25, 0.3) is 0 Å². The quantitative estimate of drug-likeness (QED) is 0.761. The van der Waals surface area contributed by atoms with Crippen molar-refractivity contribution in [1.82, 2.24) is 0 Å². The zero-order valence-electron chi connectivity index (χ0n) is 13.4. The van der Waals surface area contributed by atoms with Gasteiger partial charge < -0.3 is 14.2 Å². The first-order valence-corrected chi connectivity index (χ1v) is 7.66. The van der Waals surface area contributed by atoms with Crippen LogP contribution in [0.3, 0.4) is 0 Å².